The molecule has 1 aliphatic heterocycles. The summed E-state index contributed by atoms with van der Waals surface area (Å²) < 4.78 is 32.2. The predicted molar refractivity (Wildman–Crippen MR) is 111 cm³/mol. The van der Waals surface area contributed by atoms with E-state index in [1.165, 1.54) is 22.5 Å². The van der Waals surface area contributed by atoms with Gasteiger partial charge in [0.05, 0.1) is 21.3 Å². The van der Waals surface area contributed by atoms with Gasteiger partial charge in [-0.2, -0.15) is 16.1 Å². The Morgan fingerprint density at radius 2 is 2.00 bits per heavy atom. The van der Waals surface area contributed by atoms with Crippen molar-refractivity contribution in [3.8, 4) is 0 Å². The third-order valence-corrected chi connectivity index (χ3v) is 7.53. The fourth-order valence-corrected chi connectivity index (χ4v) is 5.29. The third kappa shape index (κ3) is 5.30. The SMILES string of the molecule is CSCc1nnc(SCC(=O)N2CCN(S(=O)(=O)c3cccc([N+](=O)[O-])c3)CC2)o1. The largest absolute Gasteiger partial charge is 0.415 e. The zero-order chi connectivity index (χ0) is 21.7. The molecule has 30 heavy (non-hydrogen) atoms. The monoisotopic (exact) mass is 473 g/mol. The van der Waals surface area contributed by atoms with Gasteiger partial charge in [0.15, 0.2) is 0 Å². The molecule has 1 amide bonds. The van der Waals surface area contributed by atoms with E-state index in [0.29, 0.717) is 16.9 Å². The lowest BCUT2D eigenvalue weighted by Crippen LogP contribution is -2.50. The van der Waals surface area contributed by atoms with Gasteiger partial charge in [-0.25, -0.2) is 8.42 Å². The van der Waals surface area contributed by atoms with Gasteiger partial charge in [-0.05, 0) is 12.3 Å². The van der Waals surface area contributed by atoms with E-state index in [2.05, 4.69) is 10.2 Å². The molecule has 0 atom stereocenters. The van der Waals surface area contributed by atoms with E-state index in [-0.39, 0.29) is 48.4 Å². The van der Waals surface area contributed by atoms with Crippen LogP contribution in [0, 0.1) is 10.1 Å². The highest BCUT2D eigenvalue weighted by atomic mass is 32.2. The van der Waals surface area contributed by atoms with E-state index in [0.717, 1.165) is 17.8 Å². The van der Waals surface area contributed by atoms with E-state index in [1.54, 1.807) is 16.7 Å². The van der Waals surface area contributed by atoms with Gasteiger partial charge in [0.1, 0.15) is 0 Å². The molecule has 0 bridgehead atoms. The van der Waals surface area contributed by atoms with Crippen LogP contribution in [0.4, 0.5) is 5.69 Å². The Labute approximate surface area is 181 Å². The number of nitro groups is 1. The highest BCUT2D eigenvalue weighted by Gasteiger charge is 2.31. The number of nitrogens with zero attached hydrogens (tertiary/aromatic N) is 5. The quantitative estimate of drug-likeness (QED) is 0.314. The summed E-state index contributed by atoms with van der Waals surface area (Å²) in [4.78, 5) is 24.1. The number of hydrogen-bond acceptors (Lipinski definition) is 10. The number of rotatable bonds is 8. The van der Waals surface area contributed by atoms with Crippen LogP contribution in [0.2, 0.25) is 0 Å². The van der Waals surface area contributed by atoms with Gasteiger partial charge in [-0.15, -0.1) is 10.2 Å². The first-order valence-electron chi connectivity index (χ1n) is 8.78. The van der Waals surface area contributed by atoms with Gasteiger partial charge in [0.25, 0.3) is 10.9 Å². The lowest BCUT2D eigenvalue weighted by atomic mass is 10.3. The Morgan fingerprint density at radius 1 is 1.27 bits per heavy atom. The molecule has 1 aromatic heterocycles. The van der Waals surface area contributed by atoms with Crippen LogP contribution >= 0.6 is 23.5 Å². The van der Waals surface area contributed by atoms with Crippen molar-refractivity contribution in [1.29, 1.82) is 0 Å². The maximum Gasteiger partial charge on any atom is 0.277 e. The molecule has 1 saturated heterocycles. The fraction of sp³-hybridized carbons (Fsp3) is 0.438. The molecule has 1 fully saturated rings. The Morgan fingerprint density at radius 3 is 2.67 bits per heavy atom. The molecule has 0 spiro atoms. The molecule has 3 rings (SSSR count). The van der Waals surface area contributed by atoms with E-state index in [9.17, 15) is 23.3 Å². The van der Waals surface area contributed by atoms with Crippen LogP contribution in [0.25, 0.3) is 0 Å². The number of piperazine rings is 1. The van der Waals surface area contributed by atoms with E-state index < -0.39 is 14.9 Å². The minimum atomic E-state index is -3.87. The molecule has 14 heteroatoms. The van der Waals surface area contributed by atoms with E-state index in [4.69, 9.17) is 4.42 Å². The maximum absolute atomic E-state index is 12.8. The van der Waals surface area contributed by atoms with Crippen molar-refractivity contribution in [1.82, 2.24) is 19.4 Å². The average molecular weight is 474 g/mol. The fourth-order valence-electron chi connectivity index (χ4n) is 2.78. The average Bonchev–Trinajstić information content (AvgIpc) is 3.20. The van der Waals surface area contributed by atoms with Gasteiger partial charge in [-0.1, -0.05) is 17.8 Å². The molecule has 0 unspecified atom stereocenters. The molecule has 2 heterocycles. The van der Waals surface area contributed by atoms with Crippen molar-refractivity contribution >= 4 is 45.1 Å². The van der Waals surface area contributed by atoms with Crippen LogP contribution < -0.4 is 0 Å². The van der Waals surface area contributed by atoms with Gasteiger partial charge < -0.3 is 9.32 Å². The Hall–Kier alpha value is -2.16. The summed E-state index contributed by atoms with van der Waals surface area (Å²) in [6, 6.07) is 4.94. The molecule has 0 radical (unpaired) electrons. The van der Waals surface area contributed by atoms with E-state index >= 15 is 0 Å². The lowest BCUT2D eigenvalue weighted by Gasteiger charge is -2.33. The van der Waals surface area contributed by atoms with Crippen LogP contribution in [-0.4, -0.2) is 76.8 Å². The summed E-state index contributed by atoms with van der Waals surface area (Å²) >= 11 is 2.69. The van der Waals surface area contributed by atoms with Gasteiger partial charge >= 0.3 is 0 Å². The number of thioether (sulfide) groups is 2. The smallest absolute Gasteiger partial charge is 0.277 e. The number of sulfonamides is 1. The summed E-state index contributed by atoms with van der Waals surface area (Å²) in [7, 11) is -3.87. The predicted octanol–water partition coefficient (Wildman–Crippen LogP) is 1.47. The Kier molecular flexibility index (Phi) is 7.33. The van der Waals surface area contributed by atoms with Crippen molar-refractivity contribution in [3.63, 3.8) is 0 Å². The number of benzene rings is 1. The molecular weight excluding hydrogens is 454 g/mol. The van der Waals surface area contributed by atoms with Crippen molar-refractivity contribution in [2.24, 2.45) is 0 Å². The minimum Gasteiger partial charge on any atom is -0.415 e. The maximum atomic E-state index is 12.8. The molecular formula is C16H19N5O6S3. The lowest BCUT2D eigenvalue weighted by molar-refractivity contribution is -0.385. The zero-order valence-electron chi connectivity index (χ0n) is 16.0. The van der Waals surface area contributed by atoms with Gasteiger partial charge in [0, 0.05) is 38.3 Å². The number of aromatic nitrogens is 2. The number of nitro benzene ring substituents is 1. The van der Waals surface area contributed by atoms with Crippen LogP contribution in [0.1, 0.15) is 5.89 Å². The van der Waals surface area contributed by atoms with Crippen molar-refractivity contribution < 1.29 is 22.6 Å². The normalized spacial score (nSPS) is 15.3. The molecule has 1 aromatic carbocycles. The summed E-state index contributed by atoms with van der Waals surface area (Å²) in [5.74, 6) is 1.05. The summed E-state index contributed by atoms with van der Waals surface area (Å²) in [6.45, 7) is 0.684. The van der Waals surface area contributed by atoms with Crippen molar-refractivity contribution in [2.45, 2.75) is 15.9 Å². The Bertz CT molecular complexity index is 1020. The number of amides is 1. The Balaban J connectivity index is 1.55. The van der Waals surface area contributed by atoms with Crippen LogP contribution in [0.3, 0.4) is 0 Å². The number of hydrogen-bond donors (Lipinski definition) is 0. The summed E-state index contributed by atoms with van der Waals surface area (Å²) in [5, 5.41) is 19.0. The standard InChI is InChI=1S/C16H19N5O6S3/c1-28-10-14-17-18-16(27-14)29-11-15(22)19-5-7-20(8-6-19)30(25,26)13-4-2-3-12(9-13)21(23)24/h2-4,9H,5-8,10-11H2,1H3. The van der Waals surface area contributed by atoms with E-state index in [1.807, 2.05) is 6.26 Å². The first-order chi connectivity index (χ1) is 14.3. The molecule has 0 aliphatic carbocycles. The van der Waals surface area contributed by atoms with Gasteiger partial charge in [0.2, 0.25) is 21.8 Å². The number of carbonyl (C=O) groups is 1. The second-order valence-corrected chi connectivity index (χ2v) is 9.95. The van der Waals surface area contributed by atoms with Crippen LogP contribution in [0.5, 0.6) is 0 Å². The molecule has 1 aliphatic rings. The summed E-state index contributed by atoms with van der Waals surface area (Å²) in [5.41, 5.74) is -0.288. The van der Waals surface area contributed by atoms with Crippen LogP contribution in [0.15, 0.2) is 38.8 Å². The number of non-ortho nitro benzene ring substituents is 1. The summed E-state index contributed by atoms with van der Waals surface area (Å²) in [6.07, 6.45) is 1.92. The molecule has 2 aromatic rings. The van der Waals surface area contributed by atoms with Crippen molar-refractivity contribution in [2.75, 3.05) is 38.2 Å². The topological polar surface area (TPSA) is 140 Å². The minimum absolute atomic E-state index is 0.110. The highest BCUT2D eigenvalue weighted by molar-refractivity contribution is 7.99. The molecule has 0 saturated carbocycles. The third-order valence-electron chi connectivity index (χ3n) is 4.29. The second kappa shape index (κ2) is 9.76. The zero-order valence-corrected chi connectivity index (χ0v) is 18.4. The van der Waals surface area contributed by atoms with Gasteiger partial charge in [-0.3, -0.25) is 14.9 Å². The molecule has 0 N–H and O–H groups in total. The second-order valence-electron chi connectivity index (χ2n) is 6.22. The first-order valence-corrected chi connectivity index (χ1v) is 12.6. The highest BCUT2D eigenvalue weighted by Crippen LogP contribution is 2.23. The van der Waals surface area contributed by atoms with Crippen molar-refractivity contribution in [3.05, 3.63) is 40.3 Å². The number of carbonyl (C=O) groups excluding carboxylic acids is 1. The molecule has 162 valence electrons. The molecule has 11 nitrogen and oxygen atoms in total. The van der Waals surface area contributed by atoms with Crippen LogP contribution in [-0.2, 0) is 20.6 Å². The first kappa shape index (κ1) is 22.5.